The van der Waals surface area contributed by atoms with Gasteiger partial charge in [0.25, 0.3) is 11.8 Å². The summed E-state index contributed by atoms with van der Waals surface area (Å²) < 4.78 is 5.35. The topological polar surface area (TPSA) is 75.4 Å². The SMILES string of the molecule is CCCCc1ccc(C(=O)N(CC)Cc2nc(C(=O)NCC)co2)cc1. The Morgan fingerprint density at radius 1 is 1.15 bits per heavy atom. The largest absolute Gasteiger partial charge is 0.446 e. The minimum absolute atomic E-state index is 0.0766. The summed E-state index contributed by atoms with van der Waals surface area (Å²) >= 11 is 0. The zero-order chi connectivity index (χ0) is 18.9. The first-order chi connectivity index (χ1) is 12.6. The number of unbranched alkanes of at least 4 members (excludes halogenated alkanes) is 1. The predicted octanol–water partition coefficient (Wildman–Crippen LogP) is 3.43. The molecule has 0 aliphatic heterocycles. The molecular formula is C20H27N3O3. The van der Waals surface area contributed by atoms with Crippen molar-refractivity contribution in [1.29, 1.82) is 0 Å². The smallest absolute Gasteiger partial charge is 0.273 e. The Labute approximate surface area is 154 Å². The number of aryl methyl sites for hydroxylation is 1. The number of amides is 2. The fourth-order valence-corrected chi connectivity index (χ4v) is 2.61. The number of benzene rings is 1. The van der Waals surface area contributed by atoms with E-state index >= 15 is 0 Å². The fraction of sp³-hybridized carbons (Fsp3) is 0.450. The Morgan fingerprint density at radius 3 is 2.50 bits per heavy atom. The lowest BCUT2D eigenvalue weighted by molar-refractivity contribution is 0.0738. The minimum atomic E-state index is -0.278. The van der Waals surface area contributed by atoms with Crippen molar-refractivity contribution in [3.05, 3.63) is 53.2 Å². The lowest BCUT2D eigenvalue weighted by Crippen LogP contribution is -2.30. The molecule has 140 valence electrons. The molecule has 0 saturated heterocycles. The third-order valence-electron chi connectivity index (χ3n) is 4.14. The number of rotatable bonds is 9. The Bertz CT molecular complexity index is 722. The second-order valence-electron chi connectivity index (χ2n) is 6.11. The minimum Gasteiger partial charge on any atom is -0.446 e. The van der Waals surface area contributed by atoms with Crippen molar-refractivity contribution in [1.82, 2.24) is 15.2 Å². The molecule has 1 aromatic carbocycles. The van der Waals surface area contributed by atoms with Crippen LogP contribution < -0.4 is 5.32 Å². The Hall–Kier alpha value is -2.63. The van der Waals surface area contributed by atoms with Crippen LogP contribution in [0.4, 0.5) is 0 Å². The molecule has 0 radical (unpaired) electrons. The quantitative estimate of drug-likeness (QED) is 0.746. The third kappa shape index (κ3) is 5.18. The number of nitrogens with zero attached hydrogens (tertiary/aromatic N) is 2. The van der Waals surface area contributed by atoms with Crippen LogP contribution in [0, 0.1) is 0 Å². The van der Waals surface area contributed by atoms with Gasteiger partial charge in [-0.15, -0.1) is 0 Å². The molecule has 6 heteroatoms. The van der Waals surface area contributed by atoms with Crippen LogP contribution in [0.1, 0.15) is 65.9 Å². The first kappa shape index (κ1) is 19.7. The molecule has 0 fully saturated rings. The molecule has 0 spiro atoms. The standard InChI is InChI=1S/C20H27N3O3/c1-4-7-8-15-9-11-16(12-10-15)20(25)23(6-3)13-18-22-17(14-26-18)19(24)21-5-2/h9-12,14H,4-8,13H2,1-3H3,(H,21,24). The van der Waals surface area contributed by atoms with Crippen LogP contribution in [0.2, 0.25) is 0 Å². The normalized spacial score (nSPS) is 10.6. The van der Waals surface area contributed by atoms with Gasteiger partial charge >= 0.3 is 0 Å². The average Bonchev–Trinajstić information content (AvgIpc) is 3.13. The van der Waals surface area contributed by atoms with Crippen molar-refractivity contribution in [2.24, 2.45) is 0 Å². The van der Waals surface area contributed by atoms with Gasteiger partial charge in [0.05, 0.1) is 6.54 Å². The molecule has 0 bridgehead atoms. The van der Waals surface area contributed by atoms with Crippen molar-refractivity contribution in [2.45, 2.75) is 46.6 Å². The molecule has 0 saturated carbocycles. The maximum absolute atomic E-state index is 12.7. The molecule has 1 heterocycles. The van der Waals surface area contributed by atoms with Gasteiger partial charge in [0.1, 0.15) is 6.26 Å². The molecule has 2 rings (SSSR count). The van der Waals surface area contributed by atoms with Gasteiger partial charge in [-0.2, -0.15) is 0 Å². The number of carbonyl (C=O) groups excluding carboxylic acids is 2. The van der Waals surface area contributed by atoms with E-state index in [1.165, 1.54) is 11.8 Å². The van der Waals surface area contributed by atoms with Crippen LogP contribution >= 0.6 is 0 Å². The molecule has 0 unspecified atom stereocenters. The van der Waals surface area contributed by atoms with E-state index in [0.29, 0.717) is 24.5 Å². The highest BCUT2D eigenvalue weighted by Crippen LogP contribution is 2.13. The molecule has 0 aliphatic carbocycles. The number of nitrogens with one attached hydrogen (secondary N) is 1. The average molecular weight is 357 g/mol. The highest BCUT2D eigenvalue weighted by Gasteiger charge is 2.18. The second-order valence-corrected chi connectivity index (χ2v) is 6.11. The molecule has 0 atom stereocenters. The maximum Gasteiger partial charge on any atom is 0.273 e. The first-order valence-electron chi connectivity index (χ1n) is 9.19. The van der Waals surface area contributed by atoms with Crippen molar-refractivity contribution in [2.75, 3.05) is 13.1 Å². The summed E-state index contributed by atoms with van der Waals surface area (Å²) in [7, 11) is 0. The molecule has 1 N–H and O–H groups in total. The molecule has 26 heavy (non-hydrogen) atoms. The number of hydrogen-bond donors (Lipinski definition) is 1. The predicted molar refractivity (Wildman–Crippen MR) is 100.0 cm³/mol. The van der Waals surface area contributed by atoms with Gasteiger partial charge in [-0.05, 0) is 44.4 Å². The van der Waals surface area contributed by atoms with E-state index < -0.39 is 0 Å². The number of carbonyl (C=O) groups is 2. The van der Waals surface area contributed by atoms with Crippen molar-refractivity contribution >= 4 is 11.8 Å². The van der Waals surface area contributed by atoms with E-state index in [9.17, 15) is 9.59 Å². The monoisotopic (exact) mass is 357 g/mol. The summed E-state index contributed by atoms with van der Waals surface area (Å²) in [5.74, 6) is -0.00661. The highest BCUT2D eigenvalue weighted by atomic mass is 16.3. The third-order valence-corrected chi connectivity index (χ3v) is 4.14. The van der Waals surface area contributed by atoms with E-state index in [-0.39, 0.29) is 24.1 Å². The highest BCUT2D eigenvalue weighted by molar-refractivity contribution is 5.94. The molecule has 2 aromatic rings. The van der Waals surface area contributed by atoms with Gasteiger partial charge in [-0.1, -0.05) is 25.5 Å². The number of oxazole rings is 1. The molecule has 0 aliphatic rings. The Balaban J connectivity index is 2.03. The van der Waals surface area contributed by atoms with Gasteiger partial charge in [-0.3, -0.25) is 9.59 Å². The summed E-state index contributed by atoms with van der Waals surface area (Å²) in [5.41, 5.74) is 2.11. The van der Waals surface area contributed by atoms with E-state index in [1.807, 2.05) is 38.1 Å². The maximum atomic E-state index is 12.7. The van der Waals surface area contributed by atoms with Crippen LogP contribution in [0.5, 0.6) is 0 Å². The van der Waals surface area contributed by atoms with Crippen LogP contribution in [-0.2, 0) is 13.0 Å². The zero-order valence-corrected chi connectivity index (χ0v) is 15.7. The Morgan fingerprint density at radius 2 is 1.88 bits per heavy atom. The first-order valence-corrected chi connectivity index (χ1v) is 9.19. The summed E-state index contributed by atoms with van der Waals surface area (Å²) in [5, 5.41) is 2.67. The number of aromatic nitrogens is 1. The van der Waals surface area contributed by atoms with E-state index in [4.69, 9.17) is 4.42 Å². The zero-order valence-electron chi connectivity index (χ0n) is 15.7. The van der Waals surface area contributed by atoms with E-state index in [2.05, 4.69) is 17.2 Å². The van der Waals surface area contributed by atoms with Crippen molar-refractivity contribution < 1.29 is 14.0 Å². The van der Waals surface area contributed by atoms with Crippen LogP contribution in [0.15, 0.2) is 34.9 Å². The summed E-state index contributed by atoms with van der Waals surface area (Å²) in [6.45, 7) is 7.18. The van der Waals surface area contributed by atoms with Crippen molar-refractivity contribution in [3.8, 4) is 0 Å². The fourth-order valence-electron chi connectivity index (χ4n) is 2.61. The van der Waals surface area contributed by atoms with Gasteiger partial charge in [0, 0.05) is 18.7 Å². The van der Waals surface area contributed by atoms with Gasteiger partial charge in [-0.25, -0.2) is 4.98 Å². The van der Waals surface area contributed by atoms with Gasteiger partial charge in [0.15, 0.2) is 5.69 Å². The lowest BCUT2D eigenvalue weighted by Gasteiger charge is -2.19. The van der Waals surface area contributed by atoms with Crippen LogP contribution in [-0.4, -0.2) is 34.8 Å². The van der Waals surface area contributed by atoms with Crippen LogP contribution in [0.3, 0.4) is 0 Å². The second kappa shape index (κ2) is 9.75. The molecule has 2 amide bonds. The molecule has 6 nitrogen and oxygen atoms in total. The molecular weight excluding hydrogens is 330 g/mol. The summed E-state index contributed by atoms with van der Waals surface area (Å²) in [6.07, 6.45) is 4.65. The van der Waals surface area contributed by atoms with E-state index in [0.717, 1.165) is 19.3 Å². The summed E-state index contributed by atoms with van der Waals surface area (Å²) in [6, 6.07) is 7.75. The molecule has 1 aromatic heterocycles. The Kier molecular flexibility index (Phi) is 7.38. The van der Waals surface area contributed by atoms with Gasteiger partial charge in [0.2, 0.25) is 5.89 Å². The lowest BCUT2D eigenvalue weighted by atomic mass is 10.1. The van der Waals surface area contributed by atoms with Crippen molar-refractivity contribution in [3.63, 3.8) is 0 Å². The van der Waals surface area contributed by atoms with E-state index in [1.54, 1.807) is 4.90 Å². The van der Waals surface area contributed by atoms with Gasteiger partial charge < -0.3 is 14.6 Å². The van der Waals surface area contributed by atoms with Crippen LogP contribution in [0.25, 0.3) is 0 Å². The number of hydrogen-bond acceptors (Lipinski definition) is 4. The summed E-state index contributed by atoms with van der Waals surface area (Å²) in [4.78, 5) is 30.3.